The maximum Gasteiger partial charge on any atom is 0.416 e. The highest BCUT2D eigenvalue weighted by Crippen LogP contribution is 2.38. The van der Waals surface area contributed by atoms with E-state index >= 15 is 0 Å². The molecule has 0 fully saturated rings. The van der Waals surface area contributed by atoms with E-state index in [0.29, 0.717) is 5.16 Å². The Hall–Kier alpha value is -3.01. The molecule has 4 rings (SSSR count). The summed E-state index contributed by atoms with van der Waals surface area (Å²) < 4.78 is 40.9. The largest absolute Gasteiger partial charge is 0.416 e. The number of alkyl halides is 3. The van der Waals surface area contributed by atoms with Gasteiger partial charge in [0.2, 0.25) is 11.1 Å². The fraction of sp³-hybridized carbons (Fsp3) is 0.286. The lowest BCUT2D eigenvalue weighted by molar-refractivity contribution is -0.137. The second kappa shape index (κ2) is 8.62. The molecule has 31 heavy (non-hydrogen) atoms. The number of nitrogens with one attached hydrogen (secondary N) is 2. The van der Waals surface area contributed by atoms with Crippen molar-refractivity contribution in [1.29, 1.82) is 0 Å². The van der Waals surface area contributed by atoms with E-state index in [2.05, 4.69) is 20.9 Å². The predicted octanol–water partition coefficient (Wildman–Crippen LogP) is 4.65. The summed E-state index contributed by atoms with van der Waals surface area (Å²) in [6.45, 7) is 2.04. The molecule has 1 aliphatic heterocycles. The molecule has 0 unspecified atom stereocenters. The molecule has 0 saturated heterocycles. The monoisotopic (exact) mass is 447 g/mol. The third-order valence-electron chi connectivity index (χ3n) is 4.85. The molecule has 0 spiro atoms. The minimum absolute atomic E-state index is 0.0888. The van der Waals surface area contributed by atoms with Crippen LogP contribution in [0.5, 0.6) is 0 Å². The quantitative estimate of drug-likeness (QED) is 0.596. The van der Waals surface area contributed by atoms with Gasteiger partial charge in [0.15, 0.2) is 5.82 Å². The molecule has 0 bridgehead atoms. The maximum atomic E-state index is 13.1. The van der Waals surface area contributed by atoms with Crippen LogP contribution in [-0.2, 0) is 17.4 Å². The van der Waals surface area contributed by atoms with Crippen LogP contribution in [-0.4, -0.2) is 26.0 Å². The first-order valence-corrected chi connectivity index (χ1v) is 10.7. The van der Waals surface area contributed by atoms with E-state index in [0.717, 1.165) is 36.4 Å². The van der Waals surface area contributed by atoms with Crippen LogP contribution in [0.1, 0.15) is 36.3 Å². The second-order valence-corrected chi connectivity index (χ2v) is 8.22. The average molecular weight is 447 g/mol. The molecule has 1 aromatic heterocycles. The summed E-state index contributed by atoms with van der Waals surface area (Å²) in [6, 6.07) is 13.6. The number of halogens is 3. The van der Waals surface area contributed by atoms with Crippen LogP contribution >= 0.6 is 11.8 Å². The van der Waals surface area contributed by atoms with Crippen LogP contribution in [0, 0.1) is 0 Å². The topological polar surface area (TPSA) is 71.8 Å². The zero-order chi connectivity index (χ0) is 22.0. The van der Waals surface area contributed by atoms with Crippen molar-refractivity contribution in [3.8, 4) is 0 Å². The highest BCUT2D eigenvalue weighted by atomic mass is 32.2. The van der Waals surface area contributed by atoms with Crippen LogP contribution in [0.15, 0.2) is 59.8 Å². The Labute approximate surface area is 181 Å². The van der Waals surface area contributed by atoms with Gasteiger partial charge in [0.1, 0.15) is 5.25 Å². The fourth-order valence-corrected chi connectivity index (χ4v) is 4.48. The fourth-order valence-electron chi connectivity index (χ4n) is 3.38. The number of aryl methyl sites for hydroxylation is 1. The first-order chi connectivity index (χ1) is 14.9. The molecule has 2 heterocycles. The van der Waals surface area contributed by atoms with Crippen LogP contribution in [0.3, 0.4) is 0 Å². The van der Waals surface area contributed by atoms with Crippen molar-refractivity contribution in [1.82, 2.24) is 14.9 Å². The number of anilines is 1. The van der Waals surface area contributed by atoms with E-state index in [4.69, 9.17) is 0 Å². The lowest BCUT2D eigenvalue weighted by atomic mass is 10.0. The molecule has 1 amide bonds. The normalized spacial score (nSPS) is 18.2. The van der Waals surface area contributed by atoms with E-state index in [1.165, 1.54) is 23.9 Å². The van der Waals surface area contributed by atoms with Crippen molar-refractivity contribution < 1.29 is 18.0 Å². The molecule has 2 atom stereocenters. The summed E-state index contributed by atoms with van der Waals surface area (Å²) in [5, 5.41) is 10.9. The number of aromatic nitrogens is 3. The summed E-state index contributed by atoms with van der Waals surface area (Å²) in [4.78, 5) is 13.1. The first-order valence-electron chi connectivity index (χ1n) is 9.77. The molecule has 0 saturated carbocycles. The Morgan fingerprint density at radius 2 is 1.94 bits per heavy atom. The van der Waals surface area contributed by atoms with Gasteiger partial charge in [-0.05, 0) is 30.2 Å². The van der Waals surface area contributed by atoms with Crippen molar-refractivity contribution in [3.05, 3.63) is 71.5 Å². The second-order valence-electron chi connectivity index (χ2n) is 7.11. The van der Waals surface area contributed by atoms with Gasteiger partial charge >= 0.3 is 6.18 Å². The van der Waals surface area contributed by atoms with Gasteiger partial charge in [0.25, 0.3) is 0 Å². The minimum atomic E-state index is -4.49. The number of hydrogen-bond acceptors (Lipinski definition) is 5. The van der Waals surface area contributed by atoms with E-state index in [-0.39, 0.29) is 5.69 Å². The number of fused-ring (bicyclic) bond motifs is 1. The Bertz CT molecular complexity index is 1070. The number of hydrogen-bond donors (Lipinski definition) is 2. The molecule has 0 aliphatic carbocycles. The summed E-state index contributed by atoms with van der Waals surface area (Å²) in [5.74, 6) is 0.347. The van der Waals surface area contributed by atoms with E-state index in [1.54, 1.807) is 4.68 Å². The Morgan fingerprint density at radius 1 is 1.16 bits per heavy atom. The number of carbonyl (C=O) groups excluding carboxylic acids is 1. The summed E-state index contributed by atoms with van der Waals surface area (Å²) in [6.07, 6.45) is -2.87. The van der Waals surface area contributed by atoms with Crippen molar-refractivity contribution in [2.24, 2.45) is 0 Å². The molecule has 2 N–H and O–H groups in total. The lowest BCUT2D eigenvalue weighted by Gasteiger charge is -2.33. The van der Waals surface area contributed by atoms with Crippen LogP contribution in [0.25, 0.3) is 0 Å². The van der Waals surface area contributed by atoms with E-state index < -0.39 is 28.9 Å². The summed E-state index contributed by atoms with van der Waals surface area (Å²) in [5.41, 5.74) is 3.48. The number of benzene rings is 2. The molecular weight excluding hydrogens is 427 g/mol. The molecule has 1 aliphatic rings. The Morgan fingerprint density at radius 3 is 2.65 bits per heavy atom. The zero-order valence-corrected chi connectivity index (χ0v) is 17.4. The standard InChI is InChI=1S/C21H20F3N5OS/c1-2-7-16-26-27-20-29(16)28-17(13-8-4-3-5-9-13)18(31-20)19(30)25-15-11-6-10-14(12-15)21(22,23)24/h3-6,8-12,17-18,28H,2,7H2,1H3,(H,25,30)/t17-,18+/m0/s1. The predicted molar refractivity (Wildman–Crippen MR) is 112 cm³/mol. The number of thioether (sulfide) groups is 1. The van der Waals surface area contributed by atoms with E-state index in [9.17, 15) is 18.0 Å². The van der Waals surface area contributed by atoms with Gasteiger partial charge in [0, 0.05) is 12.1 Å². The highest BCUT2D eigenvalue weighted by molar-refractivity contribution is 8.00. The smallest absolute Gasteiger partial charge is 0.325 e. The maximum absolute atomic E-state index is 13.1. The van der Waals surface area contributed by atoms with Gasteiger partial charge in [-0.2, -0.15) is 13.2 Å². The van der Waals surface area contributed by atoms with Crippen LogP contribution < -0.4 is 10.7 Å². The van der Waals surface area contributed by atoms with Gasteiger partial charge in [-0.3, -0.25) is 4.79 Å². The van der Waals surface area contributed by atoms with Gasteiger partial charge in [-0.25, -0.2) is 4.68 Å². The molecule has 3 aromatic rings. The van der Waals surface area contributed by atoms with Crippen molar-refractivity contribution in [2.45, 2.75) is 42.4 Å². The number of nitrogens with zero attached hydrogens (tertiary/aromatic N) is 3. The number of rotatable bonds is 5. The first kappa shape index (κ1) is 21.2. The summed E-state index contributed by atoms with van der Waals surface area (Å²) in [7, 11) is 0. The third-order valence-corrected chi connectivity index (χ3v) is 6.07. The number of carbonyl (C=O) groups is 1. The Balaban J connectivity index is 1.63. The third kappa shape index (κ3) is 4.53. The van der Waals surface area contributed by atoms with Gasteiger partial charge in [-0.1, -0.05) is 55.1 Å². The average Bonchev–Trinajstić information content (AvgIpc) is 3.15. The molecular formula is C21H20F3N5OS. The van der Waals surface area contributed by atoms with Crippen LogP contribution in [0.2, 0.25) is 0 Å². The zero-order valence-electron chi connectivity index (χ0n) is 16.6. The lowest BCUT2D eigenvalue weighted by Crippen LogP contribution is -2.41. The minimum Gasteiger partial charge on any atom is -0.325 e. The van der Waals surface area contributed by atoms with Gasteiger partial charge in [0.05, 0.1) is 11.6 Å². The SMILES string of the molecule is CCCc1nnc2n1N[C@@H](c1ccccc1)[C@H](C(=O)Nc1cccc(C(F)(F)F)c1)S2. The molecule has 6 nitrogen and oxygen atoms in total. The van der Waals surface area contributed by atoms with Crippen molar-refractivity contribution >= 4 is 23.4 Å². The van der Waals surface area contributed by atoms with Crippen molar-refractivity contribution in [3.63, 3.8) is 0 Å². The molecule has 10 heteroatoms. The number of amides is 1. The van der Waals surface area contributed by atoms with Crippen LogP contribution in [0.4, 0.5) is 18.9 Å². The highest BCUT2D eigenvalue weighted by Gasteiger charge is 2.38. The van der Waals surface area contributed by atoms with Crippen molar-refractivity contribution in [2.75, 3.05) is 10.7 Å². The molecule has 2 aromatic carbocycles. The van der Waals surface area contributed by atoms with Gasteiger partial charge < -0.3 is 10.7 Å². The van der Waals surface area contributed by atoms with Gasteiger partial charge in [-0.15, -0.1) is 10.2 Å². The summed E-state index contributed by atoms with van der Waals surface area (Å²) >= 11 is 1.24. The van der Waals surface area contributed by atoms with E-state index in [1.807, 2.05) is 37.3 Å². The molecule has 162 valence electrons. The molecule has 0 radical (unpaired) electrons. The Kier molecular flexibility index (Phi) is 5.90.